The monoisotopic (exact) mass is 337 g/mol. The zero-order valence-corrected chi connectivity index (χ0v) is 13.9. The van der Waals surface area contributed by atoms with Crippen LogP contribution in [0.4, 0.5) is 9.18 Å². The van der Waals surface area contributed by atoms with Crippen LogP contribution in [0.2, 0.25) is 5.02 Å². The van der Waals surface area contributed by atoms with Crippen molar-refractivity contribution in [2.24, 2.45) is 5.92 Å². The number of H-pyrrole nitrogens is 1. The van der Waals surface area contributed by atoms with E-state index in [4.69, 9.17) is 11.6 Å². The highest BCUT2D eigenvalue weighted by atomic mass is 35.5. The number of amides is 2. The van der Waals surface area contributed by atoms with Gasteiger partial charge in [-0.2, -0.15) is 0 Å². The summed E-state index contributed by atoms with van der Waals surface area (Å²) in [6.45, 7) is 4.36. The van der Waals surface area contributed by atoms with Gasteiger partial charge in [0.25, 0.3) is 0 Å². The molecule has 0 radical (unpaired) electrons. The highest BCUT2D eigenvalue weighted by Gasteiger charge is 2.24. The molecule has 124 valence electrons. The summed E-state index contributed by atoms with van der Waals surface area (Å²) in [7, 11) is 0. The first-order valence-corrected chi connectivity index (χ1v) is 8.44. The average molecular weight is 338 g/mol. The Labute approximate surface area is 140 Å². The molecule has 0 spiro atoms. The van der Waals surface area contributed by atoms with E-state index in [9.17, 15) is 9.18 Å². The normalized spacial score (nSPS) is 17.9. The molecule has 0 saturated carbocycles. The smallest absolute Gasteiger partial charge is 0.317 e. The van der Waals surface area contributed by atoms with E-state index in [-0.39, 0.29) is 11.8 Å². The predicted molar refractivity (Wildman–Crippen MR) is 90.3 cm³/mol. The second-order valence-corrected chi connectivity index (χ2v) is 6.55. The number of rotatable bonds is 4. The number of benzene rings is 1. The molecule has 0 aliphatic carbocycles. The Morgan fingerprint density at radius 1 is 1.52 bits per heavy atom. The van der Waals surface area contributed by atoms with E-state index in [1.54, 1.807) is 12.3 Å². The van der Waals surface area contributed by atoms with Crippen molar-refractivity contribution in [3.8, 4) is 0 Å². The summed E-state index contributed by atoms with van der Waals surface area (Å²) in [5.41, 5.74) is 1.41. The number of carbonyl (C=O) groups is 1. The van der Waals surface area contributed by atoms with Crippen LogP contribution in [0, 0.1) is 11.7 Å². The Morgan fingerprint density at radius 3 is 3.09 bits per heavy atom. The zero-order valence-electron chi connectivity index (χ0n) is 13.2. The third-order valence-corrected chi connectivity index (χ3v) is 4.83. The first-order chi connectivity index (χ1) is 11.1. The lowest BCUT2D eigenvalue weighted by Crippen LogP contribution is -2.39. The molecule has 1 aliphatic heterocycles. The van der Waals surface area contributed by atoms with Crippen LogP contribution in [0.15, 0.2) is 18.3 Å². The minimum absolute atomic E-state index is 0.00926. The van der Waals surface area contributed by atoms with Crippen molar-refractivity contribution in [1.82, 2.24) is 15.2 Å². The van der Waals surface area contributed by atoms with Crippen LogP contribution in [0.25, 0.3) is 10.9 Å². The van der Waals surface area contributed by atoms with E-state index >= 15 is 0 Å². The Bertz CT molecular complexity index is 715. The maximum atomic E-state index is 13.8. The highest BCUT2D eigenvalue weighted by Crippen LogP contribution is 2.25. The van der Waals surface area contributed by atoms with Crippen LogP contribution >= 0.6 is 11.6 Å². The Hall–Kier alpha value is -1.75. The van der Waals surface area contributed by atoms with E-state index in [0.717, 1.165) is 36.9 Å². The number of halogens is 2. The maximum absolute atomic E-state index is 13.8. The van der Waals surface area contributed by atoms with Crippen LogP contribution in [0.5, 0.6) is 0 Å². The van der Waals surface area contributed by atoms with Crippen molar-refractivity contribution in [3.05, 3.63) is 34.7 Å². The van der Waals surface area contributed by atoms with Gasteiger partial charge in [0, 0.05) is 36.2 Å². The Kier molecular flexibility index (Phi) is 4.76. The van der Waals surface area contributed by atoms with E-state index in [1.165, 1.54) is 6.07 Å². The van der Waals surface area contributed by atoms with Gasteiger partial charge < -0.3 is 15.2 Å². The van der Waals surface area contributed by atoms with E-state index in [2.05, 4.69) is 17.2 Å². The summed E-state index contributed by atoms with van der Waals surface area (Å²) in [6.07, 6.45) is 4.62. The molecule has 2 heterocycles. The molecule has 1 unspecified atom stereocenters. The van der Waals surface area contributed by atoms with Crippen LogP contribution in [0.1, 0.15) is 25.3 Å². The van der Waals surface area contributed by atoms with Crippen molar-refractivity contribution in [2.45, 2.75) is 26.2 Å². The molecule has 3 rings (SSSR count). The molecular weight excluding hydrogens is 317 g/mol. The van der Waals surface area contributed by atoms with Crippen molar-refractivity contribution < 1.29 is 9.18 Å². The fourth-order valence-corrected chi connectivity index (χ4v) is 3.39. The minimum atomic E-state index is -0.356. The van der Waals surface area contributed by atoms with E-state index < -0.39 is 0 Å². The number of aromatic nitrogens is 1. The molecule has 1 aliphatic rings. The molecule has 23 heavy (non-hydrogen) atoms. The molecule has 1 aromatic heterocycles. The second kappa shape index (κ2) is 6.79. The summed E-state index contributed by atoms with van der Waals surface area (Å²) in [4.78, 5) is 16.9. The molecule has 1 atom stereocenters. The Balaban J connectivity index is 1.58. The highest BCUT2D eigenvalue weighted by molar-refractivity contribution is 6.31. The molecule has 2 aromatic rings. The van der Waals surface area contributed by atoms with Gasteiger partial charge in [-0.05, 0) is 36.5 Å². The number of hydrogen-bond acceptors (Lipinski definition) is 1. The number of hydrogen-bond donors (Lipinski definition) is 2. The largest absolute Gasteiger partial charge is 0.359 e. The summed E-state index contributed by atoms with van der Waals surface area (Å²) < 4.78 is 13.8. The zero-order chi connectivity index (χ0) is 16.4. The molecule has 6 heteroatoms. The quantitative estimate of drug-likeness (QED) is 0.872. The van der Waals surface area contributed by atoms with Gasteiger partial charge in [-0.3, -0.25) is 0 Å². The van der Waals surface area contributed by atoms with Crippen LogP contribution < -0.4 is 5.32 Å². The first kappa shape index (κ1) is 16.1. The first-order valence-electron chi connectivity index (χ1n) is 8.06. The van der Waals surface area contributed by atoms with Gasteiger partial charge in [0.2, 0.25) is 0 Å². The summed E-state index contributed by atoms with van der Waals surface area (Å²) in [5, 5.41) is 4.10. The fraction of sp³-hybridized carbons (Fsp3) is 0.471. The van der Waals surface area contributed by atoms with Gasteiger partial charge >= 0.3 is 6.03 Å². The SMILES string of the molecule is CCC1CCN(C(=O)NCCc2c[nH]c3c(F)cc(Cl)cc23)C1. The standard InChI is InChI=1S/C17H21ClFN3O/c1-2-11-4-6-22(10-11)17(23)20-5-3-12-9-21-16-14(12)7-13(18)8-15(16)19/h7-9,11,21H,2-6,10H2,1H3,(H,20,23). The Morgan fingerprint density at radius 2 is 2.35 bits per heavy atom. The van der Waals surface area contributed by atoms with Crippen LogP contribution in [-0.2, 0) is 6.42 Å². The molecule has 4 nitrogen and oxygen atoms in total. The van der Waals surface area contributed by atoms with E-state index in [0.29, 0.717) is 29.4 Å². The lowest BCUT2D eigenvalue weighted by atomic mass is 10.1. The van der Waals surface area contributed by atoms with Gasteiger partial charge in [0.05, 0.1) is 5.52 Å². The third-order valence-electron chi connectivity index (χ3n) is 4.61. The van der Waals surface area contributed by atoms with Crippen molar-refractivity contribution in [1.29, 1.82) is 0 Å². The van der Waals surface area contributed by atoms with Crippen molar-refractivity contribution >= 4 is 28.5 Å². The number of urea groups is 1. The third kappa shape index (κ3) is 3.44. The molecule has 0 bridgehead atoms. The number of likely N-dealkylation sites (tertiary alicyclic amines) is 1. The number of nitrogens with zero attached hydrogens (tertiary/aromatic N) is 1. The molecule has 2 N–H and O–H groups in total. The summed E-state index contributed by atoms with van der Waals surface area (Å²) >= 11 is 5.92. The molecule has 1 fully saturated rings. The van der Waals surface area contributed by atoms with Crippen LogP contribution in [-0.4, -0.2) is 35.5 Å². The molecular formula is C17H21ClFN3O. The lowest BCUT2D eigenvalue weighted by molar-refractivity contribution is 0.207. The number of aromatic amines is 1. The molecule has 2 amide bonds. The van der Waals surface area contributed by atoms with Gasteiger partial charge in [0.1, 0.15) is 5.82 Å². The summed E-state index contributed by atoms with van der Waals surface area (Å²) in [5.74, 6) is 0.268. The topological polar surface area (TPSA) is 48.1 Å². The average Bonchev–Trinajstić information content (AvgIpc) is 3.14. The van der Waals surface area contributed by atoms with Gasteiger partial charge in [-0.15, -0.1) is 0 Å². The maximum Gasteiger partial charge on any atom is 0.317 e. The fourth-order valence-electron chi connectivity index (χ4n) is 3.18. The van der Waals surface area contributed by atoms with Gasteiger partial charge in [-0.1, -0.05) is 24.9 Å². The van der Waals surface area contributed by atoms with Crippen molar-refractivity contribution in [3.63, 3.8) is 0 Å². The number of carbonyl (C=O) groups excluding carboxylic acids is 1. The molecule has 1 saturated heterocycles. The van der Waals surface area contributed by atoms with Crippen LogP contribution in [0.3, 0.4) is 0 Å². The number of nitrogens with one attached hydrogen (secondary N) is 2. The predicted octanol–water partition coefficient (Wildman–Crippen LogP) is 3.94. The van der Waals surface area contributed by atoms with Gasteiger partial charge in [0.15, 0.2) is 0 Å². The lowest BCUT2D eigenvalue weighted by Gasteiger charge is -2.17. The van der Waals surface area contributed by atoms with Gasteiger partial charge in [-0.25, -0.2) is 9.18 Å². The number of fused-ring (bicyclic) bond motifs is 1. The van der Waals surface area contributed by atoms with Crippen molar-refractivity contribution in [2.75, 3.05) is 19.6 Å². The minimum Gasteiger partial charge on any atom is -0.359 e. The van der Waals surface area contributed by atoms with E-state index in [1.807, 2.05) is 4.90 Å². The summed E-state index contributed by atoms with van der Waals surface area (Å²) in [6, 6.07) is 3.04. The molecule has 1 aromatic carbocycles. The second-order valence-electron chi connectivity index (χ2n) is 6.11.